The van der Waals surface area contributed by atoms with E-state index in [2.05, 4.69) is 31.1 Å². The van der Waals surface area contributed by atoms with Gasteiger partial charge in [-0.15, -0.1) is 0 Å². The van der Waals surface area contributed by atoms with Crippen LogP contribution in [-0.2, 0) is 17.8 Å². The van der Waals surface area contributed by atoms with E-state index in [9.17, 15) is 4.79 Å². The highest BCUT2D eigenvalue weighted by atomic mass is 16.1. The van der Waals surface area contributed by atoms with Crippen LogP contribution in [0.1, 0.15) is 24.0 Å². The van der Waals surface area contributed by atoms with E-state index in [1.165, 1.54) is 11.1 Å². The molecule has 0 heterocycles. The van der Waals surface area contributed by atoms with E-state index in [-0.39, 0.29) is 0 Å². The number of carbonyl (C=O) groups excluding carboxylic acids is 1. The molecular weight excluding hydrogens is 198 g/mol. The van der Waals surface area contributed by atoms with Gasteiger partial charge >= 0.3 is 0 Å². The summed E-state index contributed by atoms with van der Waals surface area (Å²) in [6.45, 7) is 0.911. The van der Waals surface area contributed by atoms with E-state index >= 15 is 0 Å². The molecule has 1 saturated carbocycles. The number of rotatable bonds is 5. The summed E-state index contributed by atoms with van der Waals surface area (Å²) >= 11 is 0. The fourth-order valence-corrected chi connectivity index (χ4v) is 1.96. The number of carbonyl (C=O) groups is 1. The molecule has 2 nitrogen and oxygen atoms in total. The van der Waals surface area contributed by atoms with Crippen LogP contribution in [0.2, 0.25) is 0 Å². The summed E-state index contributed by atoms with van der Waals surface area (Å²) in [6, 6.07) is 8.27. The molecule has 1 aromatic rings. The molecule has 16 heavy (non-hydrogen) atoms. The minimum atomic E-state index is 0.368. The molecule has 1 aliphatic carbocycles. The molecule has 86 valence electrons. The van der Waals surface area contributed by atoms with Gasteiger partial charge in [0.05, 0.1) is 0 Å². The monoisotopic (exact) mass is 217 g/mol. The normalized spacial score (nSPS) is 15.4. The minimum Gasteiger partial charge on any atom is -0.305 e. The van der Waals surface area contributed by atoms with Crippen molar-refractivity contribution in [2.45, 2.75) is 25.8 Å². The molecule has 0 spiro atoms. The Kier molecular flexibility index (Phi) is 3.39. The highest BCUT2D eigenvalue weighted by molar-refractivity contribution is 5.85. The van der Waals surface area contributed by atoms with Crippen molar-refractivity contribution < 1.29 is 4.79 Å². The van der Waals surface area contributed by atoms with Gasteiger partial charge in [0.2, 0.25) is 0 Å². The van der Waals surface area contributed by atoms with Crippen molar-refractivity contribution in [2.75, 3.05) is 14.1 Å². The number of hydrogen-bond donors (Lipinski definition) is 0. The maximum absolute atomic E-state index is 11.8. The molecule has 0 bridgehead atoms. The highest BCUT2D eigenvalue weighted by Gasteiger charge is 2.29. The van der Waals surface area contributed by atoms with Crippen LogP contribution in [0.3, 0.4) is 0 Å². The van der Waals surface area contributed by atoms with Gasteiger partial charge in [-0.3, -0.25) is 4.79 Å². The Morgan fingerprint density at radius 2 is 1.88 bits per heavy atom. The predicted molar refractivity (Wildman–Crippen MR) is 65.3 cm³/mol. The SMILES string of the molecule is CN(C)Cc1ccccc1CC(=O)C1CC1. The molecular formula is C14H19NO. The first-order valence-corrected chi connectivity index (χ1v) is 5.91. The molecule has 0 amide bonds. The summed E-state index contributed by atoms with van der Waals surface area (Å²) in [4.78, 5) is 13.9. The average molecular weight is 217 g/mol. The van der Waals surface area contributed by atoms with Crippen LogP contribution in [0.25, 0.3) is 0 Å². The molecule has 1 fully saturated rings. The van der Waals surface area contributed by atoms with Gasteiger partial charge in [0.15, 0.2) is 0 Å². The van der Waals surface area contributed by atoms with Crippen LogP contribution in [0.5, 0.6) is 0 Å². The van der Waals surface area contributed by atoms with E-state index in [1.807, 2.05) is 12.1 Å². The molecule has 0 saturated heterocycles. The number of nitrogens with zero attached hydrogens (tertiary/aromatic N) is 1. The second kappa shape index (κ2) is 4.79. The Bertz CT molecular complexity index is 380. The lowest BCUT2D eigenvalue weighted by Crippen LogP contribution is -2.14. The molecule has 0 unspecified atom stereocenters. The lowest BCUT2D eigenvalue weighted by molar-refractivity contribution is -0.119. The van der Waals surface area contributed by atoms with Gasteiger partial charge < -0.3 is 4.90 Å². The van der Waals surface area contributed by atoms with Gasteiger partial charge in [-0.1, -0.05) is 24.3 Å². The Hall–Kier alpha value is -1.15. The highest BCUT2D eigenvalue weighted by Crippen LogP contribution is 2.31. The first-order chi connectivity index (χ1) is 7.66. The van der Waals surface area contributed by atoms with E-state index in [4.69, 9.17) is 0 Å². The number of hydrogen-bond acceptors (Lipinski definition) is 2. The van der Waals surface area contributed by atoms with Gasteiger partial charge in [-0.2, -0.15) is 0 Å². The largest absolute Gasteiger partial charge is 0.305 e. The fraction of sp³-hybridized carbons (Fsp3) is 0.500. The van der Waals surface area contributed by atoms with Gasteiger partial charge in [0.25, 0.3) is 0 Å². The molecule has 0 N–H and O–H groups in total. The first kappa shape index (κ1) is 11.3. The molecule has 1 aliphatic rings. The maximum Gasteiger partial charge on any atom is 0.140 e. The van der Waals surface area contributed by atoms with Crippen molar-refractivity contribution in [3.63, 3.8) is 0 Å². The number of ketones is 1. The van der Waals surface area contributed by atoms with Crippen LogP contribution in [0, 0.1) is 5.92 Å². The number of benzene rings is 1. The zero-order valence-corrected chi connectivity index (χ0v) is 10.1. The quantitative estimate of drug-likeness (QED) is 0.754. The summed E-state index contributed by atoms with van der Waals surface area (Å²) in [5, 5.41) is 0. The Labute approximate surface area is 97.3 Å². The van der Waals surface area contributed by atoms with Crippen LogP contribution >= 0.6 is 0 Å². The summed E-state index contributed by atoms with van der Waals surface area (Å²) in [6.07, 6.45) is 2.83. The Morgan fingerprint density at radius 3 is 2.44 bits per heavy atom. The Balaban J connectivity index is 2.08. The second-order valence-electron chi connectivity index (χ2n) is 4.92. The molecule has 0 aromatic heterocycles. The van der Waals surface area contributed by atoms with Crippen molar-refractivity contribution in [2.24, 2.45) is 5.92 Å². The molecule has 0 aliphatic heterocycles. The summed E-state index contributed by atoms with van der Waals surface area (Å²) in [5.41, 5.74) is 2.48. The summed E-state index contributed by atoms with van der Waals surface area (Å²) in [7, 11) is 4.11. The standard InChI is InChI=1S/C14H19NO/c1-15(2)10-13-6-4-3-5-12(13)9-14(16)11-7-8-11/h3-6,11H,7-10H2,1-2H3. The van der Waals surface area contributed by atoms with E-state index in [1.54, 1.807) is 0 Å². The smallest absolute Gasteiger partial charge is 0.140 e. The zero-order valence-electron chi connectivity index (χ0n) is 10.1. The van der Waals surface area contributed by atoms with Gasteiger partial charge in [0.1, 0.15) is 5.78 Å². The van der Waals surface area contributed by atoms with Crippen molar-refractivity contribution >= 4 is 5.78 Å². The van der Waals surface area contributed by atoms with Crippen molar-refractivity contribution in [1.29, 1.82) is 0 Å². The van der Waals surface area contributed by atoms with Crippen molar-refractivity contribution in [3.8, 4) is 0 Å². The third-order valence-electron chi connectivity index (χ3n) is 3.00. The zero-order chi connectivity index (χ0) is 11.5. The van der Waals surface area contributed by atoms with Crippen LogP contribution in [0.4, 0.5) is 0 Å². The molecule has 2 rings (SSSR count). The number of Topliss-reactive ketones (excluding diaryl/α,β-unsaturated/α-hetero) is 1. The second-order valence-corrected chi connectivity index (χ2v) is 4.92. The van der Waals surface area contributed by atoms with E-state index in [0.717, 1.165) is 19.4 Å². The molecule has 0 radical (unpaired) electrons. The van der Waals surface area contributed by atoms with Crippen LogP contribution < -0.4 is 0 Å². The van der Waals surface area contributed by atoms with Crippen molar-refractivity contribution in [3.05, 3.63) is 35.4 Å². The van der Waals surface area contributed by atoms with Crippen LogP contribution in [-0.4, -0.2) is 24.8 Å². The fourth-order valence-electron chi connectivity index (χ4n) is 1.96. The topological polar surface area (TPSA) is 20.3 Å². The van der Waals surface area contributed by atoms with Gasteiger partial charge in [-0.25, -0.2) is 0 Å². The molecule has 1 aromatic carbocycles. The van der Waals surface area contributed by atoms with E-state index < -0.39 is 0 Å². The molecule has 2 heteroatoms. The summed E-state index contributed by atoms with van der Waals surface area (Å²) in [5.74, 6) is 0.790. The lowest BCUT2D eigenvalue weighted by Gasteiger charge is -2.13. The lowest BCUT2D eigenvalue weighted by atomic mass is 10.0. The Morgan fingerprint density at radius 1 is 1.25 bits per heavy atom. The van der Waals surface area contributed by atoms with Crippen LogP contribution in [0.15, 0.2) is 24.3 Å². The minimum absolute atomic E-state index is 0.368. The first-order valence-electron chi connectivity index (χ1n) is 5.91. The third-order valence-corrected chi connectivity index (χ3v) is 3.00. The van der Waals surface area contributed by atoms with Crippen molar-refractivity contribution in [1.82, 2.24) is 4.90 Å². The molecule has 0 atom stereocenters. The predicted octanol–water partition coefficient (Wildman–Crippen LogP) is 2.27. The third kappa shape index (κ3) is 2.92. The average Bonchev–Trinajstić information content (AvgIpc) is 3.03. The summed E-state index contributed by atoms with van der Waals surface area (Å²) < 4.78 is 0. The maximum atomic E-state index is 11.8. The van der Waals surface area contributed by atoms with E-state index in [0.29, 0.717) is 18.1 Å². The van der Waals surface area contributed by atoms with Gasteiger partial charge in [0, 0.05) is 18.9 Å². The van der Waals surface area contributed by atoms with Gasteiger partial charge in [-0.05, 0) is 38.1 Å².